The molecule has 0 spiro atoms. The van der Waals surface area contributed by atoms with Crippen LogP contribution in [0, 0.1) is 5.92 Å². The summed E-state index contributed by atoms with van der Waals surface area (Å²) in [5.41, 5.74) is 0. The zero-order valence-electron chi connectivity index (χ0n) is 17.6. The molecule has 166 valence electrons. The van der Waals surface area contributed by atoms with Gasteiger partial charge >= 0.3 is 0 Å². The molecule has 2 amide bonds. The van der Waals surface area contributed by atoms with Gasteiger partial charge in [-0.1, -0.05) is 20.8 Å². The number of carbonyl (C=O) groups excluding carboxylic acids is 2. The van der Waals surface area contributed by atoms with E-state index in [2.05, 4.69) is 10.6 Å². The summed E-state index contributed by atoms with van der Waals surface area (Å²) in [6.45, 7) is 11.1. The van der Waals surface area contributed by atoms with E-state index in [0.717, 1.165) is 6.42 Å². The molecule has 2 N–H and O–H groups in total. The molecular weight excluding hydrogens is 368 g/mol. The van der Waals surface area contributed by atoms with Gasteiger partial charge in [0.2, 0.25) is 11.8 Å². The molecule has 0 aliphatic rings. The highest BCUT2D eigenvalue weighted by Crippen LogP contribution is 1.89. The number of carbonyl (C=O) groups is 2. The molecule has 0 radical (unpaired) electrons. The van der Waals surface area contributed by atoms with Crippen LogP contribution in [0.25, 0.3) is 0 Å². The van der Waals surface area contributed by atoms with Crippen LogP contribution < -0.4 is 10.6 Å². The maximum Gasteiger partial charge on any atom is 0.245 e. The summed E-state index contributed by atoms with van der Waals surface area (Å²) >= 11 is 0. The largest absolute Gasteiger partial charge is 0.377 e. The van der Waals surface area contributed by atoms with Crippen LogP contribution in [0.15, 0.2) is 0 Å². The monoisotopic (exact) mass is 406 g/mol. The van der Waals surface area contributed by atoms with Crippen molar-refractivity contribution in [3.63, 3.8) is 0 Å². The number of hydrogen-bond acceptors (Lipinski definition) is 7. The Kier molecular flexibility index (Phi) is 19.6. The minimum Gasteiger partial charge on any atom is -0.377 e. The van der Waals surface area contributed by atoms with Gasteiger partial charge < -0.3 is 34.3 Å². The molecule has 28 heavy (non-hydrogen) atoms. The third-order valence-corrected chi connectivity index (χ3v) is 3.36. The number of ether oxygens (including phenoxy) is 5. The maximum absolute atomic E-state index is 11.3. The van der Waals surface area contributed by atoms with E-state index in [0.29, 0.717) is 72.6 Å². The minimum atomic E-state index is -0.103. The molecule has 0 heterocycles. The summed E-state index contributed by atoms with van der Waals surface area (Å²) in [4.78, 5) is 22.6. The lowest BCUT2D eigenvalue weighted by atomic mass is 10.2. The molecule has 0 saturated carbocycles. The van der Waals surface area contributed by atoms with Crippen molar-refractivity contribution < 1.29 is 33.3 Å². The lowest BCUT2D eigenvalue weighted by Crippen LogP contribution is -2.31. The molecule has 0 bridgehead atoms. The van der Waals surface area contributed by atoms with Gasteiger partial charge in [0, 0.05) is 19.0 Å². The molecular formula is C19H38N2O7. The average Bonchev–Trinajstić information content (AvgIpc) is 2.68. The fraction of sp³-hybridized carbons (Fsp3) is 0.895. The van der Waals surface area contributed by atoms with Crippen molar-refractivity contribution in [3.8, 4) is 0 Å². The van der Waals surface area contributed by atoms with E-state index in [-0.39, 0.29) is 24.3 Å². The summed E-state index contributed by atoms with van der Waals surface area (Å²) < 4.78 is 26.6. The molecule has 0 aromatic carbocycles. The van der Waals surface area contributed by atoms with Crippen molar-refractivity contribution >= 4 is 11.8 Å². The van der Waals surface area contributed by atoms with Crippen LogP contribution in [0.2, 0.25) is 0 Å². The van der Waals surface area contributed by atoms with E-state index in [1.54, 1.807) is 0 Å². The van der Waals surface area contributed by atoms with Crippen LogP contribution in [-0.2, 0) is 33.3 Å². The van der Waals surface area contributed by atoms with E-state index >= 15 is 0 Å². The highest BCUT2D eigenvalue weighted by Gasteiger charge is 2.04. The Bertz CT molecular complexity index is 381. The predicted octanol–water partition coefficient (Wildman–Crippen LogP) is 0.368. The maximum atomic E-state index is 11.3. The van der Waals surface area contributed by atoms with Crippen molar-refractivity contribution in [1.82, 2.24) is 10.6 Å². The van der Waals surface area contributed by atoms with Crippen molar-refractivity contribution in [2.24, 2.45) is 5.92 Å². The van der Waals surface area contributed by atoms with Crippen LogP contribution >= 0.6 is 0 Å². The Labute approximate surface area is 168 Å². The lowest BCUT2D eigenvalue weighted by Gasteiger charge is -2.09. The molecule has 0 aliphatic heterocycles. The van der Waals surface area contributed by atoms with Gasteiger partial charge in [-0.05, 0) is 6.42 Å². The van der Waals surface area contributed by atoms with Gasteiger partial charge in [0.05, 0.1) is 59.5 Å². The summed E-state index contributed by atoms with van der Waals surface area (Å²) in [5, 5.41) is 5.51. The summed E-state index contributed by atoms with van der Waals surface area (Å²) in [5.74, 6) is -0.0811. The Morgan fingerprint density at radius 1 is 0.679 bits per heavy atom. The van der Waals surface area contributed by atoms with Crippen molar-refractivity contribution in [2.45, 2.75) is 27.2 Å². The van der Waals surface area contributed by atoms with Gasteiger partial charge in [-0.15, -0.1) is 0 Å². The minimum absolute atomic E-state index is 0.00869. The van der Waals surface area contributed by atoms with Crippen molar-refractivity contribution in [1.29, 1.82) is 0 Å². The van der Waals surface area contributed by atoms with Gasteiger partial charge in [0.25, 0.3) is 0 Å². The first kappa shape index (κ1) is 26.7. The summed E-state index contributed by atoms with van der Waals surface area (Å²) in [7, 11) is 0. The molecule has 0 aliphatic carbocycles. The van der Waals surface area contributed by atoms with E-state index < -0.39 is 0 Å². The second-order valence-electron chi connectivity index (χ2n) is 6.30. The van der Waals surface area contributed by atoms with E-state index in [1.165, 1.54) is 0 Å². The van der Waals surface area contributed by atoms with Gasteiger partial charge in [-0.2, -0.15) is 0 Å². The predicted molar refractivity (Wildman–Crippen MR) is 105 cm³/mol. The number of nitrogens with one attached hydrogen (secondary N) is 2. The molecule has 0 rings (SSSR count). The van der Waals surface area contributed by atoms with Gasteiger partial charge in [0.15, 0.2) is 0 Å². The highest BCUT2D eigenvalue weighted by atomic mass is 16.6. The highest BCUT2D eigenvalue weighted by molar-refractivity contribution is 5.77. The van der Waals surface area contributed by atoms with Crippen LogP contribution in [0.1, 0.15) is 27.2 Å². The fourth-order valence-electron chi connectivity index (χ4n) is 1.81. The molecule has 0 fully saturated rings. The molecule has 0 saturated heterocycles. The van der Waals surface area contributed by atoms with Crippen LogP contribution in [0.4, 0.5) is 0 Å². The number of rotatable bonds is 20. The van der Waals surface area contributed by atoms with E-state index in [9.17, 15) is 9.59 Å². The third kappa shape index (κ3) is 19.5. The molecule has 9 heteroatoms. The smallest absolute Gasteiger partial charge is 0.245 e. The number of amides is 2. The van der Waals surface area contributed by atoms with Crippen LogP contribution in [-0.4, -0.2) is 91.0 Å². The Balaban J connectivity index is 3.12. The average molecular weight is 407 g/mol. The molecule has 9 nitrogen and oxygen atoms in total. The SMILES string of the molecule is CCCNC(=O)COCCOCCOCCOCCOCCNC(=O)C(C)C. The van der Waals surface area contributed by atoms with Crippen LogP contribution in [0.3, 0.4) is 0 Å². The Hall–Kier alpha value is -1.26. The molecule has 0 aromatic rings. The van der Waals surface area contributed by atoms with E-state index in [4.69, 9.17) is 23.7 Å². The first-order valence-corrected chi connectivity index (χ1v) is 10.0. The van der Waals surface area contributed by atoms with Crippen molar-refractivity contribution in [2.75, 3.05) is 79.2 Å². The quantitative estimate of drug-likeness (QED) is 0.282. The fourth-order valence-corrected chi connectivity index (χ4v) is 1.81. The second-order valence-corrected chi connectivity index (χ2v) is 6.30. The zero-order chi connectivity index (χ0) is 20.9. The first-order valence-electron chi connectivity index (χ1n) is 10.0. The molecule has 0 atom stereocenters. The van der Waals surface area contributed by atoms with Crippen molar-refractivity contribution in [3.05, 3.63) is 0 Å². The topological polar surface area (TPSA) is 104 Å². The number of hydrogen-bond donors (Lipinski definition) is 2. The Morgan fingerprint density at radius 2 is 1.14 bits per heavy atom. The first-order chi connectivity index (χ1) is 13.6. The molecule has 0 unspecified atom stereocenters. The zero-order valence-corrected chi connectivity index (χ0v) is 17.6. The summed E-state index contributed by atoms with van der Waals surface area (Å²) in [6.07, 6.45) is 0.910. The Morgan fingerprint density at radius 3 is 1.61 bits per heavy atom. The third-order valence-electron chi connectivity index (χ3n) is 3.36. The lowest BCUT2D eigenvalue weighted by molar-refractivity contribution is -0.126. The van der Waals surface area contributed by atoms with Crippen LogP contribution in [0.5, 0.6) is 0 Å². The normalized spacial score (nSPS) is 11.0. The second kappa shape index (κ2) is 20.5. The van der Waals surface area contributed by atoms with Gasteiger partial charge in [-0.3, -0.25) is 9.59 Å². The van der Waals surface area contributed by atoms with Gasteiger partial charge in [0.1, 0.15) is 6.61 Å². The standard InChI is InChI=1S/C19H38N2O7/c1-4-5-20-18(22)16-28-15-14-27-13-12-26-11-10-25-9-8-24-7-6-21-19(23)17(2)3/h17H,4-16H2,1-3H3,(H,20,22)(H,21,23). The van der Waals surface area contributed by atoms with Gasteiger partial charge in [-0.25, -0.2) is 0 Å². The van der Waals surface area contributed by atoms with E-state index in [1.807, 2.05) is 20.8 Å². The summed E-state index contributed by atoms with van der Waals surface area (Å²) in [6, 6.07) is 0. The molecule has 0 aromatic heterocycles.